The molecule has 43 heavy (non-hydrogen) atoms. The van der Waals surface area contributed by atoms with E-state index >= 15 is 0 Å². The number of carbonyl (C=O) groups is 1. The topological polar surface area (TPSA) is 111 Å². The van der Waals surface area contributed by atoms with E-state index in [1.54, 1.807) is 36.4 Å². The van der Waals surface area contributed by atoms with Crippen molar-refractivity contribution in [3.63, 3.8) is 0 Å². The average molecular weight is 583 g/mol. The molecule has 1 saturated heterocycles. The Kier molecular flexibility index (Phi) is 9.86. The van der Waals surface area contributed by atoms with Gasteiger partial charge in [-0.3, -0.25) is 4.79 Å². The van der Waals surface area contributed by atoms with Crippen LogP contribution in [0.15, 0.2) is 103 Å². The molecule has 5 atom stereocenters. The third kappa shape index (κ3) is 7.67. The van der Waals surface area contributed by atoms with Crippen molar-refractivity contribution in [3.05, 3.63) is 131 Å². The molecule has 4 aromatic rings. The van der Waals surface area contributed by atoms with E-state index in [4.69, 9.17) is 9.47 Å². The van der Waals surface area contributed by atoms with Gasteiger partial charge in [0.25, 0.3) is 5.91 Å². The zero-order valence-corrected chi connectivity index (χ0v) is 24.3. The van der Waals surface area contributed by atoms with Crippen LogP contribution in [-0.4, -0.2) is 52.4 Å². The van der Waals surface area contributed by atoms with Crippen LogP contribution in [0.25, 0.3) is 0 Å². The molecule has 8 nitrogen and oxygen atoms in total. The molecule has 1 fully saturated rings. The Morgan fingerprint density at radius 2 is 1.65 bits per heavy atom. The van der Waals surface area contributed by atoms with Crippen LogP contribution < -0.4 is 5.32 Å². The third-order valence-corrected chi connectivity index (χ3v) is 7.81. The Labute approximate surface area is 252 Å². The molecule has 224 valence electrons. The quantitative estimate of drug-likeness (QED) is 0.193. The lowest BCUT2D eigenvalue weighted by Gasteiger charge is -2.42. The first kappa shape index (κ1) is 30.4. The number of nitrogens with zero attached hydrogens (tertiary/aromatic N) is 1. The second kappa shape index (κ2) is 13.9. The van der Waals surface area contributed by atoms with Crippen LogP contribution in [0, 0.1) is 5.92 Å². The number of nitrogens with one attached hydrogen (secondary N) is 1. The average Bonchev–Trinajstić information content (AvgIpc) is 3.02. The minimum atomic E-state index is -0.783. The zero-order chi connectivity index (χ0) is 30.3. The largest absolute Gasteiger partial charge is 0.508 e. The number of carbonyl (C=O) groups excluding carboxylic acids is 1. The Bertz CT molecular complexity index is 1500. The molecule has 0 saturated carbocycles. The lowest BCUT2D eigenvalue weighted by molar-refractivity contribution is -0.276. The summed E-state index contributed by atoms with van der Waals surface area (Å²) in [5.41, 5.74) is 4.39. The summed E-state index contributed by atoms with van der Waals surface area (Å²) < 4.78 is 13.1. The fourth-order valence-corrected chi connectivity index (χ4v) is 5.40. The van der Waals surface area contributed by atoms with E-state index in [-0.39, 0.29) is 36.4 Å². The van der Waals surface area contributed by atoms with Crippen molar-refractivity contribution in [2.75, 3.05) is 25.5 Å². The van der Waals surface area contributed by atoms with Gasteiger partial charge in [0.15, 0.2) is 6.29 Å². The minimum Gasteiger partial charge on any atom is -0.508 e. The van der Waals surface area contributed by atoms with Gasteiger partial charge >= 0.3 is 0 Å². The predicted octanol–water partition coefficient (Wildman–Crippen LogP) is 5.59. The van der Waals surface area contributed by atoms with Gasteiger partial charge in [0, 0.05) is 35.8 Å². The van der Waals surface area contributed by atoms with E-state index in [0.717, 1.165) is 16.7 Å². The summed E-state index contributed by atoms with van der Waals surface area (Å²) in [4.78, 5) is 14.8. The van der Waals surface area contributed by atoms with Gasteiger partial charge in [0.05, 0.1) is 24.9 Å². The molecular formula is C35H38N2O6. The maximum atomic E-state index is 12.8. The first-order chi connectivity index (χ1) is 20.8. The van der Waals surface area contributed by atoms with Crippen LogP contribution in [0.5, 0.6) is 5.75 Å². The fourth-order valence-electron chi connectivity index (χ4n) is 5.40. The lowest BCUT2D eigenvalue weighted by atomic mass is 9.90. The van der Waals surface area contributed by atoms with Gasteiger partial charge in [0.1, 0.15) is 5.75 Å². The molecule has 4 N–H and O–H groups in total. The first-order valence-electron chi connectivity index (χ1n) is 14.4. The molecular weight excluding hydrogens is 544 g/mol. The first-order valence-corrected chi connectivity index (χ1v) is 14.4. The van der Waals surface area contributed by atoms with Crippen molar-refractivity contribution in [1.82, 2.24) is 4.90 Å². The standard InChI is InChI=1S/C35H38N2O6/c1-23-32(21-37(2)20-31(40)27-10-7-13-30(39)19-27)42-35(43-33(23)25-16-14-24(22-38)15-17-25)28-11-6-12-29(18-28)36-34(41)26-8-4-3-5-9-26/h3-19,23,31-33,35,38-40H,20-22H2,1-2H3,(H,36,41). The molecule has 0 bridgehead atoms. The number of aliphatic hydroxyl groups excluding tert-OH is 2. The summed E-state index contributed by atoms with van der Waals surface area (Å²) in [5, 5.41) is 33.2. The highest BCUT2D eigenvalue weighted by Crippen LogP contribution is 2.42. The van der Waals surface area contributed by atoms with Gasteiger partial charge < -0.3 is 35.0 Å². The van der Waals surface area contributed by atoms with Crippen LogP contribution in [0.1, 0.15) is 58.0 Å². The normalized spacial score (nSPS) is 21.0. The minimum absolute atomic E-state index is 0.0382. The molecule has 1 amide bonds. The Morgan fingerprint density at radius 1 is 0.907 bits per heavy atom. The summed E-state index contributed by atoms with van der Waals surface area (Å²) in [7, 11) is 1.93. The number of benzene rings is 4. The van der Waals surface area contributed by atoms with Crippen LogP contribution in [-0.2, 0) is 16.1 Å². The van der Waals surface area contributed by atoms with Crippen molar-refractivity contribution in [3.8, 4) is 5.75 Å². The number of ether oxygens (including phenoxy) is 2. The van der Waals surface area contributed by atoms with Gasteiger partial charge in [-0.15, -0.1) is 0 Å². The maximum Gasteiger partial charge on any atom is 0.255 e. The number of aliphatic hydroxyl groups is 2. The molecule has 8 heteroatoms. The highest BCUT2D eigenvalue weighted by molar-refractivity contribution is 6.04. The van der Waals surface area contributed by atoms with Crippen LogP contribution in [0.3, 0.4) is 0 Å². The van der Waals surface area contributed by atoms with Gasteiger partial charge in [-0.05, 0) is 60.1 Å². The Hall–Kier alpha value is -4.05. The fraction of sp³-hybridized carbons (Fsp3) is 0.286. The molecule has 5 rings (SSSR count). The van der Waals surface area contributed by atoms with E-state index < -0.39 is 12.4 Å². The summed E-state index contributed by atoms with van der Waals surface area (Å²) in [6, 6.07) is 30.9. The van der Waals surface area contributed by atoms with Crippen LogP contribution in [0.4, 0.5) is 5.69 Å². The molecule has 0 spiro atoms. The maximum absolute atomic E-state index is 12.8. The number of hydrogen-bond acceptors (Lipinski definition) is 7. The molecule has 1 heterocycles. The summed E-state index contributed by atoms with van der Waals surface area (Å²) in [5.74, 6) is -0.137. The van der Waals surface area contributed by atoms with Crippen LogP contribution >= 0.6 is 0 Å². The van der Waals surface area contributed by atoms with Crippen molar-refractivity contribution < 1.29 is 29.6 Å². The molecule has 1 aliphatic heterocycles. The van der Waals surface area contributed by atoms with Crippen LogP contribution in [0.2, 0.25) is 0 Å². The Morgan fingerprint density at radius 3 is 2.37 bits per heavy atom. The lowest BCUT2D eigenvalue weighted by Crippen LogP contribution is -2.44. The van der Waals surface area contributed by atoms with E-state index in [0.29, 0.717) is 29.9 Å². The Balaban J connectivity index is 1.36. The number of likely N-dealkylation sites (N-methyl/N-ethyl adjacent to an activating group) is 1. The SMILES string of the molecule is CC1C(CN(C)CC(O)c2cccc(O)c2)OC(c2cccc(NC(=O)c3ccccc3)c2)OC1c1ccc(CO)cc1. The number of rotatable bonds is 10. The number of phenols is 1. The number of phenolic OH excluding ortho intramolecular Hbond substituents is 1. The van der Waals surface area contributed by atoms with Crippen molar-refractivity contribution in [2.24, 2.45) is 5.92 Å². The predicted molar refractivity (Wildman–Crippen MR) is 164 cm³/mol. The summed E-state index contributed by atoms with van der Waals surface area (Å²) in [6.07, 6.45) is -2.05. The van der Waals surface area contributed by atoms with E-state index in [1.165, 1.54) is 0 Å². The van der Waals surface area contributed by atoms with E-state index in [1.807, 2.05) is 78.7 Å². The number of hydrogen-bond donors (Lipinski definition) is 4. The molecule has 0 aliphatic carbocycles. The molecule has 4 aromatic carbocycles. The number of amides is 1. The molecule has 0 radical (unpaired) electrons. The van der Waals surface area contributed by atoms with Gasteiger partial charge in [-0.2, -0.15) is 0 Å². The highest BCUT2D eigenvalue weighted by Gasteiger charge is 2.39. The highest BCUT2D eigenvalue weighted by atomic mass is 16.7. The molecule has 0 aromatic heterocycles. The smallest absolute Gasteiger partial charge is 0.255 e. The zero-order valence-electron chi connectivity index (χ0n) is 24.3. The van der Waals surface area contributed by atoms with Crippen molar-refractivity contribution >= 4 is 11.6 Å². The summed E-state index contributed by atoms with van der Waals surface area (Å²) >= 11 is 0. The molecule has 1 aliphatic rings. The summed E-state index contributed by atoms with van der Waals surface area (Å²) in [6.45, 7) is 2.91. The number of aromatic hydroxyl groups is 1. The second-order valence-electron chi connectivity index (χ2n) is 11.1. The van der Waals surface area contributed by atoms with Gasteiger partial charge in [-0.1, -0.05) is 73.7 Å². The van der Waals surface area contributed by atoms with Crippen molar-refractivity contribution in [1.29, 1.82) is 0 Å². The van der Waals surface area contributed by atoms with E-state index in [9.17, 15) is 20.1 Å². The van der Waals surface area contributed by atoms with Gasteiger partial charge in [0.2, 0.25) is 0 Å². The third-order valence-electron chi connectivity index (χ3n) is 7.81. The van der Waals surface area contributed by atoms with E-state index in [2.05, 4.69) is 12.2 Å². The van der Waals surface area contributed by atoms with Crippen molar-refractivity contribution in [2.45, 2.75) is 38.1 Å². The monoisotopic (exact) mass is 582 g/mol. The van der Waals surface area contributed by atoms with Gasteiger partial charge in [-0.25, -0.2) is 0 Å². The molecule has 5 unspecified atom stereocenters. The second-order valence-corrected chi connectivity index (χ2v) is 11.1. The number of anilines is 1.